The summed E-state index contributed by atoms with van der Waals surface area (Å²) in [5.74, 6) is -1.33. The molecule has 1 atom stereocenters. The van der Waals surface area contributed by atoms with Gasteiger partial charge in [0.25, 0.3) is 0 Å². The highest BCUT2D eigenvalue weighted by Gasteiger charge is 2.34. The summed E-state index contributed by atoms with van der Waals surface area (Å²) in [6.07, 6.45) is 35.7. The van der Waals surface area contributed by atoms with Gasteiger partial charge in [-0.15, -0.1) is 0 Å². The second-order valence-electron chi connectivity index (χ2n) is 12.3. The number of carbonyl (C=O) groups is 2. The Morgan fingerprint density at radius 1 is 0.523 bits per heavy atom. The zero-order valence-electron chi connectivity index (χ0n) is 28.8. The number of nitrogens with two attached hydrogens (primary N) is 1. The van der Waals surface area contributed by atoms with Gasteiger partial charge >= 0.3 is 19.8 Å². The minimum atomic E-state index is -4.31. The van der Waals surface area contributed by atoms with E-state index >= 15 is 0 Å². The van der Waals surface area contributed by atoms with Crippen molar-refractivity contribution in [3.63, 3.8) is 0 Å². The fourth-order valence-corrected chi connectivity index (χ4v) is 6.36. The molecule has 8 heteroatoms. The van der Waals surface area contributed by atoms with Gasteiger partial charge in [0.1, 0.15) is 0 Å². The summed E-state index contributed by atoms with van der Waals surface area (Å²) in [6.45, 7) is 4.45. The van der Waals surface area contributed by atoms with Crippen LogP contribution in [-0.4, -0.2) is 25.1 Å². The first-order valence-corrected chi connectivity index (χ1v) is 20.0. The molecule has 2 N–H and O–H groups in total. The summed E-state index contributed by atoms with van der Waals surface area (Å²) in [5, 5.41) is 0. The van der Waals surface area contributed by atoms with Crippen molar-refractivity contribution in [3.8, 4) is 0 Å². The highest BCUT2D eigenvalue weighted by Crippen LogP contribution is 2.50. The Morgan fingerprint density at radius 2 is 0.841 bits per heavy atom. The van der Waals surface area contributed by atoms with Crippen LogP contribution in [0.25, 0.3) is 0 Å². The van der Waals surface area contributed by atoms with Gasteiger partial charge in [0.15, 0.2) is 0 Å². The van der Waals surface area contributed by atoms with Gasteiger partial charge in [-0.1, -0.05) is 154 Å². The minimum absolute atomic E-state index is 0.0756. The zero-order chi connectivity index (χ0) is 32.4. The van der Waals surface area contributed by atoms with E-state index in [1.807, 2.05) is 0 Å². The Balaban J connectivity index is 3.92. The average Bonchev–Trinajstić information content (AvgIpc) is 3.00. The smallest absolute Gasteiger partial charge is 0.361 e. The number of phosphoric acid groups is 1. The summed E-state index contributed by atoms with van der Waals surface area (Å²) in [4.78, 5) is 24.6. The van der Waals surface area contributed by atoms with Crippen LogP contribution in [-0.2, 0) is 27.7 Å². The van der Waals surface area contributed by atoms with Crippen molar-refractivity contribution >= 4 is 19.8 Å². The number of allylic oxidation sites excluding steroid dienone is 2. The van der Waals surface area contributed by atoms with Gasteiger partial charge in [0, 0.05) is 19.4 Å². The van der Waals surface area contributed by atoms with Gasteiger partial charge in [-0.2, -0.15) is 0 Å². The predicted octanol–water partition coefficient (Wildman–Crippen LogP) is 11.7. The molecule has 0 aliphatic carbocycles. The fourth-order valence-electron chi connectivity index (χ4n) is 5.20. The van der Waals surface area contributed by atoms with Crippen molar-refractivity contribution < 1.29 is 27.7 Å². The van der Waals surface area contributed by atoms with Crippen molar-refractivity contribution in [2.24, 2.45) is 5.73 Å². The maximum atomic E-state index is 12.9. The summed E-state index contributed by atoms with van der Waals surface area (Å²) in [7, 11) is -4.31. The molecule has 0 aromatic heterocycles. The number of unbranched alkanes of at least 4 members (excludes halogenated alkanes) is 23. The molecule has 0 spiro atoms. The first-order valence-electron chi connectivity index (χ1n) is 18.5. The van der Waals surface area contributed by atoms with E-state index in [0.717, 1.165) is 51.4 Å². The molecule has 0 aliphatic heterocycles. The first-order chi connectivity index (χ1) is 21.5. The van der Waals surface area contributed by atoms with Gasteiger partial charge in [0.05, 0.1) is 6.61 Å². The number of hydrogen-bond acceptors (Lipinski definition) is 7. The molecule has 0 heterocycles. The summed E-state index contributed by atoms with van der Waals surface area (Å²) < 4.78 is 28.1. The van der Waals surface area contributed by atoms with Gasteiger partial charge in [0.2, 0.25) is 0 Å². The monoisotopic (exact) mass is 643 g/mol. The predicted molar refractivity (Wildman–Crippen MR) is 185 cm³/mol. The zero-order valence-corrected chi connectivity index (χ0v) is 29.7. The Labute approximate surface area is 271 Å². The third-order valence-corrected chi connectivity index (χ3v) is 9.27. The first kappa shape index (κ1) is 42.8. The second kappa shape index (κ2) is 33.2. The molecule has 0 radical (unpaired) electrons. The van der Waals surface area contributed by atoms with Gasteiger partial charge in [-0.05, 0) is 38.5 Å². The molecule has 0 aromatic rings. The van der Waals surface area contributed by atoms with E-state index in [4.69, 9.17) is 19.3 Å². The molecule has 0 aromatic carbocycles. The maximum Gasteiger partial charge on any atom is 0.592 e. The van der Waals surface area contributed by atoms with Crippen LogP contribution in [0.5, 0.6) is 0 Å². The number of hydrogen-bond donors (Lipinski definition) is 1. The molecule has 0 aliphatic rings. The van der Waals surface area contributed by atoms with Gasteiger partial charge < -0.3 is 14.8 Å². The van der Waals surface area contributed by atoms with Gasteiger partial charge in [-0.25, -0.2) is 4.57 Å². The quantitative estimate of drug-likeness (QED) is 0.0422. The molecule has 0 saturated carbocycles. The minimum Gasteiger partial charge on any atom is -0.361 e. The maximum absolute atomic E-state index is 12.9. The molecule has 0 saturated heterocycles. The van der Waals surface area contributed by atoms with E-state index in [-0.39, 0.29) is 26.0 Å². The van der Waals surface area contributed by atoms with E-state index in [0.29, 0.717) is 12.8 Å². The molecule has 0 rings (SSSR count). The SMILES string of the molecule is CCCCCCCCC=CCCCCCCCC(=O)OP(=O)(OCCN)OC(=O)CCCCCCCCCCCCCCC. The molecular formula is C36H70NO6P. The molecular weight excluding hydrogens is 573 g/mol. The third kappa shape index (κ3) is 30.8. The highest BCUT2D eigenvalue weighted by atomic mass is 31.2. The van der Waals surface area contributed by atoms with Crippen molar-refractivity contribution in [2.45, 2.75) is 194 Å². The lowest BCUT2D eigenvalue weighted by Gasteiger charge is -2.16. The Hall–Kier alpha value is -1.17. The van der Waals surface area contributed by atoms with E-state index in [9.17, 15) is 14.2 Å². The normalized spacial score (nSPS) is 12.9. The van der Waals surface area contributed by atoms with Crippen molar-refractivity contribution in [1.29, 1.82) is 0 Å². The number of carbonyl (C=O) groups excluding carboxylic acids is 2. The summed E-state index contributed by atoms with van der Waals surface area (Å²) in [5.41, 5.74) is 5.45. The molecule has 0 amide bonds. The van der Waals surface area contributed by atoms with Gasteiger partial charge in [-0.3, -0.25) is 14.1 Å². The van der Waals surface area contributed by atoms with Crippen LogP contribution in [0.2, 0.25) is 0 Å². The lowest BCUT2D eigenvalue weighted by atomic mass is 10.0. The van der Waals surface area contributed by atoms with Crippen LogP contribution in [0.4, 0.5) is 0 Å². The van der Waals surface area contributed by atoms with Crippen molar-refractivity contribution in [2.75, 3.05) is 13.2 Å². The molecule has 0 bridgehead atoms. The molecule has 44 heavy (non-hydrogen) atoms. The second-order valence-corrected chi connectivity index (χ2v) is 13.8. The fraction of sp³-hybridized carbons (Fsp3) is 0.889. The third-order valence-electron chi connectivity index (χ3n) is 7.92. The Kier molecular flexibility index (Phi) is 32.3. The largest absolute Gasteiger partial charge is 0.592 e. The van der Waals surface area contributed by atoms with Crippen LogP contribution in [0.15, 0.2) is 12.2 Å². The van der Waals surface area contributed by atoms with Crippen LogP contribution in [0, 0.1) is 0 Å². The van der Waals surface area contributed by atoms with E-state index < -0.39 is 19.8 Å². The lowest BCUT2D eigenvalue weighted by Crippen LogP contribution is -2.14. The Bertz CT molecular complexity index is 729. The number of rotatable bonds is 34. The van der Waals surface area contributed by atoms with E-state index in [2.05, 4.69) is 26.0 Å². The molecule has 260 valence electrons. The van der Waals surface area contributed by atoms with Crippen LogP contribution in [0.1, 0.15) is 194 Å². The van der Waals surface area contributed by atoms with Crippen LogP contribution < -0.4 is 5.73 Å². The summed E-state index contributed by atoms with van der Waals surface area (Å²) >= 11 is 0. The lowest BCUT2D eigenvalue weighted by molar-refractivity contribution is -0.141. The molecule has 0 fully saturated rings. The highest BCUT2D eigenvalue weighted by molar-refractivity contribution is 7.49. The average molecular weight is 644 g/mol. The van der Waals surface area contributed by atoms with Crippen LogP contribution in [0.3, 0.4) is 0 Å². The summed E-state index contributed by atoms with van der Waals surface area (Å²) in [6, 6.07) is 0. The van der Waals surface area contributed by atoms with Crippen molar-refractivity contribution in [1.82, 2.24) is 0 Å². The van der Waals surface area contributed by atoms with Crippen LogP contribution >= 0.6 is 7.82 Å². The van der Waals surface area contributed by atoms with Crippen molar-refractivity contribution in [3.05, 3.63) is 12.2 Å². The standard InChI is InChI=1S/C36H70NO6P/c1-3-5-7-9-11-13-15-17-18-20-22-24-26-28-30-32-36(39)43-44(40,41-34-33-37)42-35(38)31-29-27-25-23-21-19-16-14-12-10-8-6-4-2/h17-18H,3-16,19-34,37H2,1-2H3. The van der Waals surface area contributed by atoms with E-state index in [1.165, 1.54) is 103 Å². The van der Waals surface area contributed by atoms with E-state index in [1.54, 1.807) is 0 Å². The Morgan fingerprint density at radius 3 is 1.18 bits per heavy atom. The topological polar surface area (TPSA) is 105 Å². The number of phosphoric ester groups is 1. The molecule has 7 nitrogen and oxygen atoms in total. The molecule has 1 unspecified atom stereocenters.